The Morgan fingerprint density at radius 2 is 2.31 bits per heavy atom. The summed E-state index contributed by atoms with van der Waals surface area (Å²) in [5.41, 5.74) is 0.687. The van der Waals surface area contributed by atoms with Crippen molar-refractivity contribution in [1.29, 1.82) is 0 Å². The smallest absolute Gasteiger partial charge is 0.249 e. The van der Waals surface area contributed by atoms with Crippen LogP contribution in [0.25, 0.3) is 0 Å². The third-order valence-electron chi connectivity index (χ3n) is 2.27. The number of anilines is 1. The van der Waals surface area contributed by atoms with Crippen LogP contribution < -0.4 is 5.32 Å². The highest BCUT2D eigenvalue weighted by atomic mass is 16.2. The lowest BCUT2D eigenvalue weighted by Gasteiger charge is -2.11. The predicted molar refractivity (Wildman–Crippen MR) is 58.8 cm³/mol. The van der Waals surface area contributed by atoms with E-state index in [0.29, 0.717) is 5.69 Å². The van der Waals surface area contributed by atoms with Gasteiger partial charge in [0.05, 0.1) is 11.9 Å². The van der Waals surface area contributed by atoms with E-state index in [1.807, 2.05) is 0 Å². The number of rotatable bonds is 3. The van der Waals surface area contributed by atoms with Gasteiger partial charge in [-0.25, -0.2) is 0 Å². The van der Waals surface area contributed by atoms with Gasteiger partial charge in [0.2, 0.25) is 5.91 Å². The fourth-order valence-corrected chi connectivity index (χ4v) is 1.36. The van der Waals surface area contributed by atoms with Crippen LogP contribution in [0.5, 0.6) is 0 Å². The Balaban J connectivity index is 2.03. The molecule has 0 spiro atoms. The number of hydrogen-bond donors (Lipinski definition) is 1. The summed E-state index contributed by atoms with van der Waals surface area (Å²) < 4.78 is 3.24. The molecule has 6 nitrogen and oxygen atoms in total. The molecule has 0 aliphatic carbocycles. The highest BCUT2D eigenvalue weighted by molar-refractivity contribution is 5.93. The zero-order chi connectivity index (χ0) is 11.5. The number of nitrogens with zero attached hydrogens (tertiary/aromatic N) is 4. The molecule has 0 saturated carbocycles. The van der Waals surface area contributed by atoms with Crippen molar-refractivity contribution in [3.05, 3.63) is 30.9 Å². The van der Waals surface area contributed by atoms with Gasteiger partial charge >= 0.3 is 0 Å². The van der Waals surface area contributed by atoms with Crippen molar-refractivity contribution < 1.29 is 4.79 Å². The molecule has 0 aliphatic heterocycles. The van der Waals surface area contributed by atoms with E-state index in [-0.39, 0.29) is 11.9 Å². The Morgan fingerprint density at radius 3 is 2.88 bits per heavy atom. The van der Waals surface area contributed by atoms with Gasteiger partial charge in [0, 0.05) is 25.6 Å². The van der Waals surface area contributed by atoms with Gasteiger partial charge < -0.3 is 5.32 Å². The van der Waals surface area contributed by atoms with Crippen molar-refractivity contribution in [1.82, 2.24) is 19.6 Å². The molecule has 84 valence electrons. The number of nitrogens with one attached hydrogen (secondary N) is 1. The van der Waals surface area contributed by atoms with Crippen LogP contribution in [0, 0.1) is 0 Å². The number of carbonyl (C=O) groups is 1. The maximum absolute atomic E-state index is 11.8. The minimum Gasteiger partial charge on any atom is -0.322 e. The zero-order valence-electron chi connectivity index (χ0n) is 9.16. The highest BCUT2D eigenvalue weighted by Crippen LogP contribution is 2.09. The summed E-state index contributed by atoms with van der Waals surface area (Å²) in [4.78, 5) is 11.8. The molecule has 0 aromatic carbocycles. The molecule has 2 aromatic rings. The molecule has 0 unspecified atom stereocenters. The Kier molecular flexibility index (Phi) is 2.72. The quantitative estimate of drug-likeness (QED) is 0.831. The van der Waals surface area contributed by atoms with E-state index >= 15 is 0 Å². The average Bonchev–Trinajstić information content (AvgIpc) is 2.88. The van der Waals surface area contributed by atoms with Gasteiger partial charge in [0.25, 0.3) is 0 Å². The molecular formula is C10H13N5O. The first-order valence-corrected chi connectivity index (χ1v) is 4.95. The van der Waals surface area contributed by atoms with Crippen molar-refractivity contribution in [3.63, 3.8) is 0 Å². The van der Waals surface area contributed by atoms with Gasteiger partial charge in [-0.1, -0.05) is 0 Å². The van der Waals surface area contributed by atoms with E-state index in [2.05, 4.69) is 15.5 Å². The first-order valence-electron chi connectivity index (χ1n) is 4.95. The summed E-state index contributed by atoms with van der Waals surface area (Å²) in [5.74, 6) is -0.114. The molecule has 0 bridgehead atoms. The number of aryl methyl sites for hydroxylation is 1. The summed E-state index contributed by atoms with van der Waals surface area (Å²) in [7, 11) is 1.80. The topological polar surface area (TPSA) is 64.7 Å². The maximum atomic E-state index is 11.8. The lowest BCUT2D eigenvalue weighted by atomic mass is 10.3. The van der Waals surface area contributed by atoms with Crippen molar-refractivity contribution >= 4 is 11.6 Å². The first-order chi connectivity index (χ1) is 7.66. The van der Waals surface area contributed by atoms with Crippen LogP contribution >= 0.6 is 0 Å². The van der Waals surface area contributed by atoms with Gasteiger partial charge in [-0.15, -0.1) is 0 Å². The molecule has 6 heteroatoms. The normalized spacial score (nSPS) is 12.4. The van der Waals surface area contributed by atoms with E-state index in [1.165, 1.54) is 0 Å². The Labute approximate surface area is 92.9 Å². The van der Waals surface area contributed by atoms with Crippen molar-refractivity contribution in [2.24, 2.45) is 7.05 Å². The fourth-order valence-electron chi connectivity index (χ4n) is 1.36. The second-order valence-corrected chi connectivity index (χ2v) is 3.55. The molecule has 2 heterocycles. The number of amides is 1. The molecule has 0 radical (unpaired) electrons. The highest BCUT2D eigenvalue weighted by Gasteiger charge is 2.15. The van der Waals surface area contributed by atoms with E-state index in [1.54, 1.807) is 54.2 Å². The van der Waals surface area contributed by atoms with Gasteiger partial charge in [-0.3, -0.25) is 14.2 Å². The molecule has 2 aromatic heterocycles. The molecule has 0 aliphatic rings. The predicted octanol–water partition coefficient (Wildman–Crippen LogP) is 0.816. The summed E-state index contributed by atoms with van der Waals surface area (Å²) in [5, 5.41) is 10.8. The van der Waals surface area contributed by atoms with Crippen LogP contribution in [-0.4, -0.2) is 25.5 Å². The second kappa shape index (κ2) is 4.18. The minimum atomic E-state index is -0.338. The second-order valence-electron chi connectivity index (χ2n) is 3.55. The SMILES string of the molecule is C[C@@H](C(=O)Nc1cnn(C)c1)n1cccn1. The van der Waals surface area contributed by atoms with E-state index in [4.69, 9.17) is 0 Å². The number of aromatic nitrogens is 4. The minimum absolute atomic E-state index is 0.114. The summed E-state index contributed by atoms with van der Waals surface area (Å²) in [6, 6.07) is 1.45. The van der Waals surface area contributed by atoms with E-state index < -0.39 is 0 Å². The zero-order valence-corrected chi connectivity index (χ0v) is 9.16. The third-order valence-corrected chi connectivity index (χ3v) is 2.27. The van der Waals surface area contributed by atoms with Crippen molar-refractivity contribution in [2.75, 3.05) is 5.32 Å². The largest absolute Gasteiger partial charge is 0.322 e. The van der Waals surface area contributed by atoms with Crippen molar-refractivity contribution in [3.8, 4) is 0 Å². The lowest BCUT2D eigenvalue weighted by molar-refractivity contribution is -0.119. The van der Waals surface area contributed by atoms with Crippen LogP contribution in [0.4, 0.5) is 5.69 Å². The van der Waals surface area contributed by atoms with Gasteiger partial charge in [0.1, 0.15) is 6.04 Å². The van der Waals surface area contributed by atoms with Crippen LogP contribution in [0.3, 0.4) is 0 Å². The van der Waals surface area contributed by atoms with Gasteiger partial charge in [0.15, 0.2) is 0 Å². The maximum Gasteiger partial charge on any atom is 0.249 e. The molecule has 16 heavy (non-hydrogen) atoms. The Bertz CT molecular complexity index is 473. The molecule has 0 fully saturated rings. The molecule has 1 amide bonds. The van der Waals surface area contributed by atoms with Crippen molar-refractivity contribution in [2.45, 2.75) is 13.0 Å². The summed E-state index contributed by atoms with van der Waals surface area (Å²) in [6.07, 6.45) is 6.75. The van der Waals surface area contributed by atoms with Crippen LogP contribution in [0.2, 0.25) is 0 Å². The lowest BCUT2D eigenvalue weighted by Crippen LogP contribution is -2.23. The van der Waals surface area contributed by atoms with Crippen LogP contribution in [-0.2, 0) is 11.8 Å². The van der Waals surface area contributed by atoms with Crippen LogP contribution in [0.15, 0.2) is 30.9 Å². The monoisotopic (exact) mass is 219 g/mol. The summed E-state index contributed by atoms with van der Waals surface area (Å²) >= 11 is 0. The molecular weight excluding hydrogens is 206 g/mol. The van der Waals surface area contributed by atoms with Crippen LogP contribution in [0.1, 0.15) is 13.0 Å². The number of hydrogen-bond acceptors (Lipinski definition) is 3. The van der Waals surface area contributed by atoms with E-state index in [0.717, 1.165) is 0 Å². The molecule has 0 saturated heterocycles. The molecule has 1 N–H and O–H groups in total. The number of carbonyl (C=O) groups excluding carboxylic acids is 1. The van der Waals surface area contributed by atoms with Gasteiger partial charge in [-0.2, -0.15) is 10.2 Å². The standard InChI is InChI=1S/C10H13N5O/c1-8(15-5-3-4-11-15)10(16)13-9-6-12-14(2)7-9/h3-8H,1-2H3,(H,13,16)/t8-/m0/s1. The average molecular weight is 219 g/mol. The van der Waals surface area contributed by atoms with Gasteiger partial charge in [-0.05, 0) is 13.0 Å². The Hall–Kier alpha value is -2.11. The first kappa shape index (κ1) is 10.4. The summed E-state index contributed by atoms with van der Waals surface area (Å²) in [6.45, 7) is 1.79. The molecule has 2 rings (SSSR count). The third kappa shape index (κ3) is 2.10. The molecule has 1 atom stereocenters. The Morgan fingerprint density at radius 1 is 1.50 bits per heavy atom. The fraction of sp³-hybridized carbons (Fsp3) is 0.300. The van der Waals surface area contributed by atoms with E-state index in [9.17, 15) is 4.79 Å².